The van der Waals surface area contributed by atoms with Crippen molar-refractivity contribution in [1.29, 1.82) is 0 Å². The van der Waals surface area contributed by atoms with Gasteiger partial charge in [-0.25, -0.2) is 9.18 Å². The molecule has 1 heterocycles. The SMILES string of the molecule is CCOC(=O)C1=C(C)NC2=C(C(=O)c3ccccc32)[C@H]1c1cc(Cl)c(OCc2ccc(F)cc2)c(Cl)c1. The molecule has 0 aromatic heterocycles. The summed E-state index contributed by atoms with van der Waals surface area (Å²) in [6, 6.07) is 16.5. The van der Waals surface area contributed by atoms with Crippen LogP contribution in [0.5, 0.6) is 5.75 Å². The molecule has 1 aliphatic carbocycles. The molecule has 1 aliphatic heterocycles. The van der Waals surface area contributed by atoms with E-state index in [0.717, 1.165) is 11.1 Å². The second kappa shape index (κ2) is 10.0. The molecule has 0 amide bonds. The van der Waals surface area contributed by atoms with Crippen LogP contribution in [0.2, 0.25) is 10.0 Å². The largest absolute Gasteiger partial charge is 0.486 e. The topological polar surface area (TPSA) is 64.6 Å². The molecule has 0 unspecified atom stereocenters. The summed E-state index contributed by atoms with van der Waals surface area (Å²) in [5.41, 5.74) is 4.60. The molecule has 1 atom stereocenters. The van der Waals surface area contributed by atoms with Crippen LogP contribution >= 0.6 is 23.2 Å². The summed E-state index contributed by atoms with van der Waals surface area (Å²) in [7, 11) is 0. The van der Waals surface area contributed by atoms with E-state index in [4.69, 9.17) is 32.7 Å². The lowest BCUT2D eigenvalue weighted by atomic mass is 9.80. The highest BCUT2D eigenvalue weighted by atomic mass is 35.5. The summed E-state index contributed by atoms with van der Waals surface area (Å²) < 4.78 is 24.4. The first-order valence-electron chi connectivity index (χ1n) is 11.7. The smallest absolute Gasteiger partial charge is 0.336 e. The van der Waals surface area contributed by atoms with Gasteiger partial charge in [0.25, 0.3) is 0 Å². The molecule has 0 radical (unpaired) electrons. The molecule has 8 heteroatoms. The number of carbonyl (C=O) groups excluding carboxylic acids is 2. The normalized spacial score (nSPS) is 16.4. The third-order valence-corrected chi connectivity index (χ3v) is 6.96. The quantitative estimate of drug-likeness (QED) is 0.348. The van der Waals surface area contributed by atoms with E-state index in [0.29, 0.717) is 33.7 Å². The molecule has 0 saturated heterocycles. The number of ether oxygens (including phenoxy) is 2. The molecule has 0 saturated carbocycles. The minimum Gasteiger partial charge on any atom is -0.486 e. The van der Waals surface area contributed by atoms with Gasteiger partial charge in [-0.05, 0) is 49.2 Å². The lowest BCUT2D eigenvalue weighted by Gasteiger charge is -2.29. The summed E-state index contributed by atoms with van der Waals surface area (Å²) >= 11 is 13.2. The van der Waals surface area contributed by atoms with E-state index in [2.05, 4.69) is 5.32 Å². The molecule has 2 aliphatic rings. The number of carbonyl (C=O) groups is 2. The zero-order valence-corrected chi connectivity index (χ0v) is 21.5. The van der Waals surface area contributed by atoms with Crippen molar-refractivity contribution in [2.75, 3.05) is 6.61 Å². The van der Waals surface area contributed by atoms with Gasteiger partial charge in [0, 0.05) is 28.3 Å². The number of allylic oxidation sites excluding steroid dienone is 2. The van der Waals surface area contributed by atoms with E-state index in [1.54, 1.807) is 50.2 Å². The first-order valence-corrected chi connectivity index (χ1v) is 12.4. The lowest BCUT2D eigenvalue weighted by Crippen LogP contribution is -2.29. The van der Waals surface area contributed by atoms with Crippen LogP contribution in [0.25, 0.3) is 5.70 Å². The Labute approximate surface area is 223 Å². The Hall–Kier alpha value is -3.61. The maximum atomic E-state index is 13.6. The second-order valence-corrected chi connectivity index (χ2v) is 9.52. The molecule has 37 heavy (non-hydrogen) atoms. The van der Waals surface area contributed by atoms with Crippen molar-refractivity contribution in [3.05, 3.63) is 116 Å². The van der Waals surface area contributed by atoms with E-state index in [1.165, 1.54) is 12.1 Å². The van der Waals surface area contributed by atoms with Gasteiger partial charge in [-0.15, -0.1) is 0 Å². The van der Waals surface area contributed by atoms with Crippen molar-refractivity contribution in [3.63, 3.8) is 0 Å². The van der Waals surface area contributed by atoms with Gasteiger partial charge in [-0.3, -0.25) is 4.79 Å². The minimum atomic E-state index is -0.753. The van der Waals surface area contributed by atoms with Crippen LogP contribution in [0.15, 0.2) is 77.5 Å². The molecule has 0 bridgehead atoms. The molecule has 5 rings (SSSR count). The molecule has 3 aromatic rings. The standard InChI is InChI=1S/C29H22Cl2FNO4/c1-3-36-29(35)23-15(2)33-26-19-6-4-5-7-20(19)27(34)25(26)24(23)17-12-21(30)28(22(31)13-17)37-14-16-8-10-18(32)11-9-16/h4-13,24,33H,3,14H2,1-2H3/t24-/m0/s1. The summed E-state index contributed by atoms with van der Waals surface area (Å²) in [6.07, 6.45) is 0. The number of rotatable bonds is 6. The van der Waals surface area contributed by atoms with Crippen LogP contribution in [0.4, 0.5) is 4.39 Å². The molecule has 0 spiro atoms. The number of benzene rings is 3. The van der Waals surface area contributed by atoms with E-state index in [9.17, 15) is 14.0 Å². The van der Waals surface area contributed by atoms with E-state index in [-0.39, 0.29) is 40.6 Å². The van der Waals surface area contributed by atoms with Gasteiger partial charge in [0.1, 0.15) is 12.4 Å². The third-order valence-electron chi connectivity index (χ3n) is 6.39. The summed E-state index contributed by atoms with van der Waals surface area (Å²) in [5.74, 6) is -1.56. The summed E-state index contributed by atoms with van der Waals surface area (Å²) in [6.45, 7) is 3.81. The molecular weight excluding hydrogens is 516 g/mol. The van der Waals surface area contributed by atoms with E-state index in [1.807, 2.05) is 12.1 Å². The van der Waals surface area contributed by atoms with Crippen molar-refractivity contribution in [2.24, 2.45) is 0 Å². The van der Waals surface area contributed by atoms with Gasteiger partial charge in [0.05, 0.1) is 27.9 Å². The third kappa shape index (κ3) is 4.52. The Balaban J connectivity index is 1.57. The second-order valence-electron chi connectivity index (χ2n) is 8.71. The van der Waals surface area contributed by atoms with E-state index < -0.39 is 11.9 Å². The van der Waals surface area contributed by atoms with Gasteiger partial charge in [-0.1, -0.05) is 59.6 Å². The zero-order chi connectivity index (χ0) is 26.3. The molecular formula is C29H22Cl2FNO4. The fraction of sp³-hybridized carbons (Fsp3) is 0.172. The number of dihydropyridines is 1. The Morgan fingerprint density at radius 3 is 2.32 bits per heavy atom. The molecule has 0 fully saturated rings. The van der Waals surface area contributed by atoms with Crippen LogP contribution in [0, 0.1) is 5.82 Å². The Bertz CT molecular complexity index is 1470. The first kappa shape index (κ1) is 25.1. The summed E-state index contributed by atoms with van der Waals surface area (Å²) in [4.78, 5) is 26.7. The number of esters is 1. The lowest BCUT2D eigenvalue weighted by molar-refractivity contribution is -0.138. The molecule has 188 valence electrons. The Morgan fingerprint density at radius 2 is 1.68 bits per heavy atom. The van der Waals surface area contributed by atoms with Crippen molar-refractivity contribution in [2.45, 2.75) is 26.4 Å². The van der Waals surface area contributed by atoms with Gasteiger partial charge in [0.15, 0.2) is 11.5 Å². The van der Waals surface area contributed by atoms with Gasteiger partial charge >= 0.3 is 5.97 Å². The Morgan fingerprint density at radius 1 is 1.03 bits per heavy atom. The minimum absolute atomic E-state index is 0.128. The molecule has 3 aromatic carbocycles. The number of halogens is 3. The van der Waals surface area contributed by atoms with Crippen molar-refractivity contribution in [1.82, 2.24) is 5.32 Å². The highest BCUT2D eigenvalue weighted by Gasteiger charge is 2.43. The van der Waals surface area contributed by atoms with Gasteiger partial charge in [0.2, 0.25) is 0 Å². The number of fused-ring (bicyclic) bond motifs is 2. The van der Waals surface area contributed by atoms with E-state index >= 15 is 0 Å². The fourth-order valence-corrected chi connectivity index (χ4v) is 5.37. The molecule has 1 N–H and O–H groups in total. The predicted molar refractivity (Wildman–Crippen MR) is 140 cm³/mol. The predicted octanol–water partition coefficient (Wildman–Crippen LogP) is 6.84. The van der Waals surface area contributed by atoms with Crippen LogP contribution < -0.4 is 10.1 Å². The highest BCUT2D eigenvalue weighted by molar-refractivity contribution is 6.37. The average molecular weight is 538 g/mol. The Kier molecular flexibility index (Phi) is 6.80. The maximum absolute atomic E-state index is 13.6. The van der Waals surface area contributed by atoms with Crippen LogP contribution in [-0.4, -0.2) is 18.4 Å². The maximum Gasteiger partial charge on any atom is 0.336 e. The van der Waals surface area contributed by atoms with Gasteiger partial charge in [-0.2, -0.15) is 0 Å². The number of nitrogens with one attached hydrogen (secondary N) is 1. The van der Waals surface area contributed by atoms with Crippen LogP contribution in [0.3, 0.4) is 0 Å². The summed E-state index contributed by atoms with van der Waals surface area (Å²) in [5, 5.41) is 3.69. The average Bonchev–Trinajstić information content (AvgIpc) is 3.15. The van der Waals surface area contributed by atoms with Crippen molar-refractivity contribution < 1.29 is 23.5 Å². The van der Waals surface area contributed by atoms with Crippen molar-refractivity contribution >= 4 is 40.7 Å². The first-order chi connectivity index (χ1) is 17.8. The number of hydrogen-bond acceptors (Lipinski definition) is 5. The van der Waals surface area contributed by atoms with Gasteiger partial charge < -0.3 is 14.8 Å². The zero-order valence-electron chi connectivity index (χ0n) is 20.0. The number of hydrogen-bond donors (Lipinski definition) is 1. The monoisotopic (exact) mass is 537 g/mol. The number of Topliss-reactive ketones (excluding diaryl/α,β-unsaturated/α-hetero) is 1. The number of ketones is 1. The highest BCUT2D eigenvalue weighted by Crippen LogP contribution is 2.48. The fourth-order valence-electron chi connectivity index (χ4n) is 4.76. The van der Waals surface area contributed by atoms with Crippen LogP contribution in [-0.2, 0) is 16.1 Å². The van der Waals surface area contributed by atoms with Crippen molar-refractivity contribution in [3.8, 4) is 5.75 Å². The molecule has 5 nitrogen and oxygen atoms in total. The van der Waals surface area contributed by atoms with Crippen LogP contribution in [0.1, 0.15) is 46.8 Å².